The zero-order valence-electron chi connectivity index (χ0n) is 11.8. The minimum atomic E-state index is -0.0833. The van der Waals surface area contributed by atoms with Gasteiger partial charge >= 0.3 is 0 Å². The highest BCUT2D eigenvalue weighted by Gasteiger charge is 2.16. The molecular formula is C14H18N4O2. The second kappa shape index (κ2) is 5.73. The summed E-state index contributed by atoms with van der Waals surface area (Å²) in [6.07, 6.45) is 1.63. The van der Waals surface area contributed by atoms with Gasteiger partial charge in [-0.2, -0.15) is 5.10 Å². The van der Waals surface area contributed by atoms with Crippen LogP contribution < -0.4 is 10.5 Å². The Balaban J connectivity index is 2.22. The van der Waals surface area contributed by atoms with E-state index in [2.05, 4.69) is 10.1 Å². The molecule has 1 heterocycles. The summed E-state index contributed by atoms with van der Waals surface area (Å²) in [5.74, 6) is 1.18. The number of methoxy groups -OCH3 is 1. The summed E-state index contributed by atoms with van der Waals surface area (Å²) in [5, 5.41) is 4.11. The van der Waals surface area contributed by atoms with Crippen LogP contribution in [0.15, 0.2) is 24.5 Å². The highest BCUT2D eigenvalue weighted by molar-refractivity contribution is 6.01. The second-order valence-corrected chi connectivity index (χ2v) is 4.77. The molecule has 0 aliphatic rings. The molecule has 106 valence electrons. The number of carbonyl (C=O) groups is 1. The Morgan fingerprint density at radius 2 is 2.20 bits per heavy atom. The maximum atomic E-state index is 12.3. The molecule has 6 nitrogen and oxygen atoms in total. The summed E-state index contributed by atoms with van der Waals surface area (Å²) in [4.78, 5) is 16.4. The monoisotopic (exact) mass is 274 g/mol. The van der Waals surface area contributed by atoms with E-state index in [0.29, 0.717) is 22.8 Å². The lowest BCUT2D eigenvalue weighted by Crippen LogP contribution is -2.14. The fourth-order valence-corrected chi connectivity index (χ4v) is 1.99. The molecule has 20 heavy (non-hydrogen) atoms. The summed E-state index contributed by atoms with van der Waals surface area (Å²) in [7, 11) is 1.56. The maximum Gasteiger partial charge on any atom is 0.172 e. The van der Waals surface area contributed by atoms with Gasteiger partial charge in [-0.1, -0.05) is 0 Å². The molecule has 0 radical (unpaired) electrons. The molecule has 1 aromatic carbocycles. The molecule has 2 aromatic rings. The standard InChI is InChI=1S/C14H18N4O2/c1-9(2)18-14(16-8-17-18)7-13(19)11-5-4-10(20-3)6-12(11)15/h4-6,8-9H,7,15H2,1-3H3. The molecule has 0 saturated heterocycles. The molecule has 0 spiro atoms. The van der Waals surface area contributed by atoms with Gasteiger partial charge < -0.3 is 10.5 Å². The average molecular weight is 274 g/mol. The van der Waals surface area contributed by atoms with Crippen molar-refractivity contribution in [3.63, 3.8) is 0 Å². The summed E-state index contributed by atoms with van der Waals surface area (Å²) in [6, 6.07) is 5.19. The molecule has 6 heteroatoms. The van der Waals surface area contributed by atoms with Crippen LogP contribution in [-0.4, -0.2) is 27.7 Å². The Kier molecular flexibility index (Phi) is 4.02. The van der Waals surface area contributed by atoms with Crippen LogP contribution in [-0.2, 0) is 6.42 Å². The Morgan fingerprint density at radius 3 is 2.80 bits per heavy atom. The van der Waals surface area contributed by atoms with Crippen molar-refractivity contribution in [3.05, 3.63) is 35.9 Å². The molecular weight excluding hydrogens is 256 g/mol. The molecule has 0 bridgehead atoms. The molecule has 0 saturated carbocycles. The van der Waals surface area contributed by atoms with E-state index >= 15 is 0 Å². The van der Waals surface area contributed by atoms with Crippen LogP contribution in [0.2, 0.25) is 0 Å². The fraction of sp³-hybridized carbons (Fsp3) is 0.357. The summed E-state index contributed by atoms with van der Waals surface area (Å²) in [5.41, 5.74) is 6.76. The first-order chi connectivity index (χ1) is 9.52. The van der Waals surface area contributed by atoms with Crippen LogP contribution in [0.25, 0.3) is 0 Å². The van der Waals surface area contributed by atoms with Crippen molar-refractivity contribution < 1.29 is 9.53 Å². The molecule has 1 aromatic heterocycles. The van der Waals surface area contributed by atoms with Crippen molar-refractivity contribution >= 4 is 11.5 Å². The molecule has 2 N–H and O–H groups in total. The van der Waals surface area contributed by atoms with Gasteiger partial charge in [0.05, 0.1) is 13.5 Å². The first-order valence-electron chi connectivity index (χ1n) is 6.38. The number of benzene rings is 1. The number of aromatic nitrogens is 3. The lowest BCUT2D eigenvalue weighted by molar-refractivity contribution is 0.0990. The fourth-order valence-electron chi connectivity index (χ4n) is 1.99. The molecule has 0 amide bonds. The van der Waals surface area contributed by atoms with Crippen molar-refractivity contribution in [3.8, 4) is 5.75 Å². The number of nitrogens with zero attached hydrogens (tertiary/aromatic N) is 3. The number of anilines is 1. The number of ether oxygens (including phenoxy) is 1. The van der Waals surface area contributed by atoms with Gasteiger partial charge in [0.15, 0.2) is 5.78 Å². The van der Waals surface area contributed by atoms with E-state index in [0.717, 1.165) is 0 Å². The van der Waals surface area contributed by atoms with Gasteiger partial charge in [-0.05, 0) is 26.0 Å². The van der Waals surface area contributed by atoms with Crippen LogP contribution in [0.5, 0.6) is 5.75 Å². The molecule has 0 fully saturated rings. The number of carbonyl (C=O) groups excluding carboxylic acids is 1. The highest BCUT2D eigenvalue weighted by Crippen LogP contribution is 2.21. The number of nitrogens with two attached hydrogens (primary N) is 1. The average Bonchev–Trinajstić information content (AvgIpc) is 2.86. The third-order valence-corrected chi connectivity index (χ3v) is 3.01. The number of rotatable bonds is 5. The largest absolute Gasteiger partial charge is 0.497 e. The van der Waals surface area contributed by atoms with Gasteiger partial charge in [-0.3, -0.25) is 4.79 Å². The maximum absolute atomic E-state index is 12.3. The van der Waals surface area contributed by atoms with E-state index in [1.807, 2.05) is 13.8 Å². The zero-order valence-corrected chi connectivity index (χ0v) is 11.8. The molecule has 0 aliphatic heterocycles. The first-order valence-corrected chi connectivity index (χ1v) is 6.38. The predicted octanol–water partition coefficient (Wildman–Crippen LogP) is 1.88. The van der Waals surface area contributed by atoms with Gasteiger partial charge in [-0.15, -0.1) is 0 Å². The van der Waals surface area contributed by atoms with Crippen molar-refractivity contribution in [2.24, 2.45) is 0 Å². The quantitative estimate of drug-likeness (QED) is 0.664. The number of ketones is 1. The third-order valence-electron chi connectivity index (χ3n) is 3.01. The molecule has 0 atom stereocenters. The Bertz CT molecular complexity index is 619. The minimum absolute atomic E-state index is 0.0833. The molecule has 0 aliphatic carbocycles. The Hall–Kier alpha value is -2.37. The van der Waals surface area contributed by atoms with Crippen molar-refractivity contribution in [2.75, 3.05) is 12.8 Å². The topological polar surface area (TPSA) is 83.0 Å². The van der Waals surface area contributed by atoms with Crippen LogP contribution >= 0.6 is 0 Å². The van der Waals surface area contributed by atoms with E-state index in [9.17, 15) is 4.79 Å². The van der Waals surface area contributed by atoms with Crippen LogP contribution in [0.3, 0.4) is 0 Å². The lowest BCUT2D eigenvalue weighted by atomic mass is 10.1. The molecule has 2 rings (SSSR count). The Labute approximate surface area is 117 Å². The SMILES string of the molecule is COc1ccc(C(=O)Cc2ncnn2C(C)C)c(N)c1. The van der Waals surface area contributed by atoms with Gasteiger partial charge in [-0.25, -0.2) is 9.67 Å². The van der Waals surface area contributed by atoms with E-state index in [4.69, 9.17) is 10.5 Å². The van der Waals surface area contributed by atoms with Crippen molar-refractivity contribution in [1.82, 2.24) is 14.8 Å². The number of hydrogen-bond acceptors (Lipinski definition) is 5. The van der Waals surface area contributed by atoms with Gasteiger partial charge in [0.2, 0.25) is 0 Å². The van der Waals surface area contributed by atoms with Crippen molar-refractivity contribution in [2.45, 2.75) is 26.3 Å². The third kappa shape index (κ3) is 2.79. The normalized spacial score (nSPS) is 10.8. The first kappa shape index (κ1) is 14.0. The van der Waals surface area contributed by atoms with E-state index in [1.54, 1.807) is 30.0 Å². The summed E-state index contributed by atoms with van der Waals surface area (Å²) >= 11 is 0. The minimum Gasteiger partial charge on any atom is -0.497 e. The number of Topliss-reactive ketones (excluding diaryl/α,β-unsaturated/α-hetero) is 1. The number of nitrogen functional groups attached to an aromatic ring is 1. The highest BCUT2D eigenvalue weighted by atomic mass is 16.5. The zero-order chi connectivity index (χ0) is 14.7. The predicted molar refractivity (Wildman–Crippen MR) is 75.8 cm³/mol. The van der Waals surface area contributed by atoms with Crippen LogP contribution in [0.4, 0.5) is 5.69 Å². The number of hydrogen-bond donors (Lipinski definition) is 1. The van der Waals surface area contributed by atoms with E-state index in [1.165, 1.54) is 6.33 Å². The molecule has 0 unspecified atom stereocenters. The summed E-state index contributed by atoms with van der Waals surface area (Å²) in [6.45, 7) is 3.98. The van der Waals surface area contributed by atoms with Gasteiger partial charge in [0.1, 0.15) is 17.9 Å². The summed E-state index contributed by atoms with van der Waals surface area (Å²) < 4.78 is 6.80. The second-order valence-electron chi connectivity index (χ2n) is 4.77. The van der Waals surface area contributed by atoms with Crippen LogP contribution in [0, 0.1) is 0 Å². The Morgan fingerprint density at radius 1 is 1.45 bits per heavy atom. The van der Waals surface area contributed by atoms with Crippen molar-refractivity contribution in [1.29, 1.82) is 0 Å². The van der Waals surface area contributed by atoms with E-state index < -0.39 is 0 Å². The smallest absolute Gasteiger partial charge is 0.172 e. The lowest BCUT2D eigenvalue weighted by Gasteiger charge is -2.10. The van der Waals surface area contributed by atoms with Crippen LogP contribution in [0.1, 0.15) is 36.1 Å². The van der Waals surface area contributed by atoms with E-state index in [-0.39, 0.29) is 18.2 Å². The van der Waals surface area contributed by atoms with Gasteiger partial charge in [0, 0.05) is 23.4 Å². The van der Waals surface area contributed by atoms with Gasteiger partial charge in [0.25, 0.3) is 0 Å².